The average molecular weight is 347 g/mol. The molecule has 1 N–H and O–H groups in total. The molecule has 1 aromatic carbocycles. The normalized spacial score (nSPS) is 16.4. The number of rotatable bonds is 5. The molecule has 0 bridgehead atoms. The number of nitrogens with zero attached hydrogens (tertiary/aromatic N) is 2. The van der Waals surface area contributed by atoms with Crippen molar-refractivity contribution in [3.8, 4) is 0 Å². The van der Waals surface area contributed by atoms with E-state index in [1.165, 1.54) is 12.1 Å². The molecule has 25 heavy (non-hydrogen) atoms. The van der Waals surface area contributed by atoms with Gasteiger partial charge in [0.25, 0.3) is 0 Å². The molecular weight excluding hydrogens is 328 g/mol. The maximum absolute atomic E-state index is 13.8. The van der Waals surface area contributed by atoms with Crippen molar-refractivity contribution in [2.24, 2.45) is 0 Å². The smallest absolute Gasteiger partial charge is 0.242 e. The summed E-state index contributed by atoms with van der Waals surface area (Å²) in [7, 11) is 0. The van der Waals surface area contributed by atoms with Crippen LogP contribution in [0.3, 0.4) is 0 Å². The number of amides is 1. The summed E-state index contributed by atoms with van der Waals surface area (Å²) in [6.07, 6.45) is 3.30. The molecule has 1 amide bonds. The minimum atomic E-state index is -0.676. The Morgan fingerprint density at radius 3 is 2.76 bits per heavy atom. The summed E-state index contributed by atoms with van der Waals surface area (Å²) in [4.78, 5) is 18.9. The van der Waals surface area contributed by atoms with Crippen LogP contribution in [0.5, 0.6) is 0 Å². The van der Waals surface area contributed by atoms with Crippen molar-refractivity contribution in [1.82, 2.24) is 15.2 Å². The van der Waals surface area contributed by atoms with Gasteiger partial charge >= 0.3 is 0 Å². The van der Waals surface area contributed by atoms with E-state index in [9.17, 15) is 13.6 Å². The topological polar surface area (TPSA) is 54.5 Å². The number of morpholine rings is 1. The zero-order chi connectivity index (χ0) is 17.6. The van der Waals surface area contributed by atoms with Gasteiger partial charge in [-0.05, 0) is 17.7 Å². The number of hydrogen-bond donors (Lipinski definition) is 1. The number of aromatic nitrogens is 1. The molecule has 0 aliphatic carbocycles. The number of hydrogen-bond acceptors (Lipinski definition) is 4. The maximum atomic E-state index is 13.8. The molecule has 132 valence electrons. The fourth-order valence-electron chi connectivity index (χ4n) is 2.85. The number of pyridine rings is 1. The molecule has 5 nitrogen and oxygen atoms in total. The van der Waals surface area contributed by atoms with Crippen LogP contribution in [-0.2, 0) is 16.1 Å². The first kappa shape index (κ1) is 17.4. The molecule has 2 aromatic rings. The van der Waals surface area contributed by atoms with E-state index in [1.807, 2.05) is 11.0 Å². The zero-order valence-corrected chi connectivity index (χ0v) is 13.6. The Labute approximate surface area is 144 Å². The average Bonchev–Trinajstić information content (AvgIpc) is 2.63. The Bertz CT molecular complexity index is 722. The van der Waals surface area contributed by atoms with Crippen LogP contribution in [0.1, 0.15) is 17.2 Å². The molecule has 0 radical (unpaired) electrons. The van der Waals surface area contributed by atoms with Crippen LogP contribution in [0.4, 0.5) is 8.78 Å². The highest BCUT2D eigenvalue weighted by atomic mass is 19.1. The Kier molecular flexibility index (Phi) is 5.67. The molecule has 1 fully saturated rings. The van der Waals surface area contributed by atoms with Gasteiger partial charge < -0.3 is 10.1 Å². The number of nitrogens with one attached hydrogen (secondary N) is 1. The van der Waals surface area contributed by atoms with Gasteiger partial charge in [0.2, 0.25) is 5.91 Å². The van der Waals surface area contributed by atoms with Crippen molar-refractivity contribution in [1.29, 1.82) is 0 Å². The summed E-state index contributed by atoms with van der Waals surface area (Å²) >= 11 is 0. The van der Waals surface area contributed by atoms with Gasteiger partial charge in [0.05, 0.1) is 13.2 Å². The van der Waals surface area contributed by atoms with E-state index in [1.54, 1.807) is 18.5 Å². The van der Waals surface area contributed by atoms with Gasteiger partial charge in [-0.25, -0.2) is 8.78 Å². The second-order valence-electron chi connectivity index (χ2n) is 5.79. The molecular formula is C18H19F2N3O2. The molecule has 1 aliphatic heterocycles. The molecule has 3 rings (SSSR count). The Hall–Kier alpha value is -2.38. The fraction of sp³-hybridized carbons (Fsp3) is 0.333. The molecule has 1 saturated heterocycles. The van der Waals surface area contributed by atoms with E-state index in [0.29, 0.717) is 26.3 Å². The lowest BCUT2D eigenvalue weighted by atomic mass is 10.1. The highest BCUT2D eigenvalue weighted by molar-refractivity contribution is 5.83. The van der Waals surface area contributed by atoms with E-state index in [-0.39, 0.29) is 18.0 Å². The quantitative estimate of drug-likeness (QED) is 0.899. The third kappa shape index (κ3) is 4.37. The molecule has 7 heteroatoms. The van der Waals surface area contributed by atoms with Crippen LogP contribution in [0, 0.1) is 11.6 Å². The molecule has 2 heterocycles. The first-order valence-electron chi connectivity index (χ1n) is 8.08. The number of halogens is 2. The highest BCUT2D eigenvalue weighted by Gasteiger charge is 2.29. The molecule has 1 aliphatic rings. The predicted molar refractivity (Wildman–Crippen MR) is 87.6 cm³/mol. The monoisotopic (exact) mass is 347 g/mol. The Morgan fingerprint density at radius 1 is 1.28 bits per heavy atom. The second-order valence-corrected chi connectivity index (χ2v) is 5.79. The van der Waals surface area contributed by atoms with Gasteiger partial charge in [0.1, 0.15) is 17.7 Å². The first-order chi connectivity index (χ1) is 12.1. The first-order valence-corrected chi connectivity index (χ1v) is 8.08. The maximum Gasteiger partial charge on any atom is 0.242 e. The Morgan fingerprint density at radius 2 is 2.08 bits per heavy atom. The summed E-state index contributed by atoms with van der Waals surface area (Å²) in [5, 5.41) is 2.74. The molecule has 1 atom stereocenters. The third-order valence-corrected chi connectivity index (χ3v) is 4.13. The van der Waals surface area contributed by atoms with E-state index < -0.39 is 17.7 Å². The molecule has 0 unspecified atom stereocenters. The lowest BCUT2D eigenvalue weighted by molar-refractivity contribution is -0.128. The van der Waals surface area contributed by atoms with Crippen molar-refractivity contribution < 1.29 is 18.3 Å². The summed E-state index contributed by atoms with van der Waals surface area (Å²) in [6, 6.07) is 6.40. The Balaban J connectivity index is 1.74. The number of carbonyl (C=O) groups excluding carboxylic acids is 1. The highest BCUT2D eigenvalue weighted by Crippen LogP contribution is 2.22. The standard InChI is InChI=1S/C18H19F2N3O2/c19-15-4-3-13(16(20)10-15)12-22-18(24)17(14-2-1-5-21-11-14)23-6-8-25-9-7-23/h1-5,10-11,17H,6-9,12H2,(H,22,24)/t17-/m0/s1. The van der Waals surface area contributed by atoms with Gasteiger partial charge in [-0.2, -0.15) is 0 Å². The van der Waals surface area contributed by atoms with Gasteiger partial charge in [-0.15, -0.1) is 0 Å². The minimum Gasteiger partial charge on any atom is -0.379 e. The van der Waals surface area contributed by atoms with Crippen LogP contribution >= 0.6 is 0 Å². The van der Waals surface area contributed by atoms with Gasteiger partial charge in [0.15, 0.2) is 0 Å². The van der Waals surface area contributed by atoms with Crippen molar-refractivity contribution >= 4 is 5.91 Å². The van der Waals surface area contributed by atoms with Crippen molar-refractivity contribution in [2.45, 2.75) is 12.6 Å². The van der Waals surface area contributed by atoms with Gasteiger partial charge in [-0.3, -0.25) is 14.7 Å². The fourth-order valence-corrected chi connectivity index (χ4v) is 2.85. The van der Waals surface area contributed by atoms with Gasteiger partial charge in [0, 0.05) is 43.7 Å². The van der Waals surface area contributed by atoms with Crippen LogP contribution in [0.2, 0.25) is 0 Å². The molecule has 1 aromatic heterocycles. The predicted octanol–water partition coefficient (Wildman–Crippen LogP) is 2.05. The summed E-state index contributed by atoms with van der Waals surface area (Å²) < 4.78 is 32.1. The SMILES string of the molecule is O=C(NCc1ccc(F)cc1F)[C@H](c1cccnc1)N1CCOCC1. The van der Waals surface area contributed by atoms with Gasteiger partial charge in [-0.1, -0.05) is 12.1 Å². The van der Waals surface area contributed by atoms with E-state index in [2.05, 4.69) is 10.3 Å². The summed E-state index contributed by atoms with van der Waals surface area (Å²) in [5.41, 5.74) is 1.00. The largest absolute Gasteiger partial charge is 0.379 e. The lowest BCUT2D eigenvalue weighted by Gasteiger charge is -2.33. The summed E-state index contributed by atoms with van der Waals surface area (Å²) in [6.45, 7) is 2.34. The second kappa shape index (κ2) is 8.13. The lowest BCUT2D eigenvalue weighted by Crippen LogP contribution is -2.45. The van der Waals surface area contributed by atoms with E-state index >= 15 is 0 Å². The van der Waals surface area contributed by atoms with Crippen molar-refractivity contribution in [3.63, 3.8) is 0 Å². The van der Waals surface area contributed by atoms with E-state index in [4.69, 9.17) is 4.74 Å². The van der Waals surface area contributed by atoms with Crippen LogP contribution in [0.25, 0.3) is 0 Å². The van der Waals surface area contributed by atoms with Crippen molar-refractivity contribution in [3.05, 3.63) is 65.5 Å². The summed E-state index contributed by atoms with van der Waals surface area (Å²) in [5.74, 6) is -1.57. The zero-order valence-electron chi connectivity index (χ0n) is 13.6. The van der Waals surface area contributed by atoms with E-state index in [0.717, 1.165) is 11.6 Å². The van der Waals surface area contributed by atoms with Crippen LogP contribution in [0.15, 0.2) is 42.7 Å². The number of carbonyl (C=O) groups is 1. The molecule has 0 spiro atoms. The minimum absolute atomic E-state index is 0.00789. The third-order valence-electron chi connectivity index (χ3n) is 4.13. The number of benzene rings is 1. The number of ether oxygens (including phenoxy) is 1. The van der Waals surface area contributed by atoms with Crippen molar-refractivity contribution in [2.75, 3.05) is 26.3 Å². The van der Waals surface area contributed by atoms with Crippen LogP contribution in [-0.4, -0.2) is 42.1 Å². The molecule has 0 saturated carbocycles. The van der Waals surface area contributed by atoms with Crippen LogP contribution < -0.4 is 5.32 Å².